The summed E-state index contributed by atoms with van der Waals surface area (Å²) in [5, 5.41) is 0. The third-order valence-electron chi connectivity index (χ3n) is 5.67. The van der Waals surface area contributed by atoms with E-state index >= 15 is 0 Å². The summed E-state index contributed by atoms with van der Waals surface area (Å²) in [6, 6.07) is 21.7. The minimum absolute atomic E-state index is 0.199. The highest BCUT2D eigenvalue weighted by Gasteiger charge is 2.42. The summed E-state index contributed by atoms with van der Waals surface area (Å²) >= 11 is 6.68. The minimum Gasteiger partial charge on any atom is -0.493 e. The highest BCUT2D eigenvalue weighted by molar-refractivity contribution is 8.26. The lowest BCUT2D eigenvalue weighted by atomic mass is 10.1. The van der Waals surface area contributed by atoms with E-state index < -0.39 is 12.0 Å². The monoisotopic (exact) mass is 533 g/mol. The predicted octanol–water partition coefficient (Wildman–Crippen LogP) is 6.09. The van der Waals surface area contributed by atoms with Gasteiger partial charge in [-0.3, -0.25) is 9.69 Å². The molecule has 1 atom stereocenters. The number of methoxy groups -OCH3 is 1. The second kappa shape index (κ2) is 12.1. The zero-order valence-corrected chi connectivity index (χ0v) is 22.4. The number of thioether (sulfide) groups is 1. The van der Waals surface area contributed by atoms with Gasteiger partial charge in [0.15, 0.2) is 17.5 Å². The third kappa shape index (κ3) is 6.21. The molecule has 6 nitrogen and oxygen atoms in total. The molecule has 1 unspecified atom stereocenters. The highest BCUT2D eigenvalue weighted by atomic mass is 32.2. The van der Waals surface area contributed by atoms with E-state index in [2.05, 4.69) is 6.07 Å². The topological polar surface area (TPSA) is 65.1 Å². The molecule has 0 aromatic heterocycles. The summed E-state index contributed by atoms with van der Waals surface area (Å²) in [6.45, 7) is 4.37. The number of hydrogen-bond acceptors (Lipinski definition) is 7. The molecule has 1 saturated heterocycles. The fraction of sp³-hybridized carbons (Fsp3) is 0.207. The number of ether oxygens (including phenoxy) is 3. The van der Waals surface area contributed by atoms with Crippen LogP contribution >= 0.6 is 24.0 Å². The van der Waals surface area contributed by atoms with Gasteiger partial charge in [0.05, 0.1) is 18.6 Å². The van der Waals surface area contributed by atoms with Crippen LogP contribution in [0.5, 0.6) is 11.5 Å². The zero-order chi connectivity index (χ0) is 26.4. The number of benzene rings is 3. The van der Waals surface area contributed by atoms with Gasteiger partial charge in [-0.25, -0.2) is 4.79 Å². The second-order valence-electron chi connectivity index (χ2n) is 8.31. The zero-order valence-electron chi connectivity index (χ0n) is 20.8. The van der Waals surface area contributed by atoms with Crippen LogP contribution in [0.3, 0.4) is 0 Å². The first-order valence-electron chi connectivity index (χ1n) is 11.8. The van der Waals surface area contributed by atoms with Crippen molar-refractivity contribution in [3.05, 3.63) is 100.0 Å². The summed E-state index contributed by atoms with van der Waals surface area (Å²) in [5.41, 5.74) is 3.60. The maximum Gasteiger partial charge on any atom is 0.333 e. The van der Waals surface area contributed by atoms with Crippen LogP contribution in [-0.4, -0.2) is 34.8 Å². The summed E-state index contributed by atoms with van der Waals surface area (Å²) < 4.78 is 17.1. The van der Waals surface area contributed by atoms with Crippen molar-refractivity contribution in [1.29, 1.82) is 0 Å². The Balaban J connectivity index is 1.57. The summed E-state index contributed by atoms with van der Waals surface area (Å²) in [5.74, 6) is 0.268. The lowest BCUT2D eigenvalue weighted by molar-refractivity contribution is -0.151. The molecule has 1 aliphatic rings. The average molecular weight is 534 g/mol. The SMILES string of the molecule is CCOC(=O)C(c1ccccc1)N1C(=O)/C(=C\c2ccc(OCc3cccc(C)c3)c(OC)c2)SC1=S. The molecule has 37 heavy (non-hydrogen) atoms. The van der Waals surface area contributed by atoms with Crippen LogP contribution in [-0.2, 0) is 20.9 Å². The van der Waals surface area contributed by atoms with Crippen molar-refractivity contribution in [1.82, 2.24) is 4.90 Å². The van der Waals surface area contributed by atoms with E-state index in [1.54, 1.807) is 38.3 Å². The van der Waals surface area contributed by atoms with Crippen molar-refractivity contribution in [2.24, 2.45) is 0 Å². The molecule has 0 aliphatic carbocycles. The van der Waals surface area contributed by atoms with Crippen LogP contribution < -0.4 is 9.47 Å². The van der Waals surface area contributed by atoms with Crippen molar-refractivity contribution >= 4 is 46.3 Å². The summed E-state index contributed by atoms with van der Waals surface area (Å²) in [6.07, 6.45) is 1.74. The van der Waals surface area contributed by atoms with Gasteiger partial charge in [-0.2, -0.15) is 0 Å². The number of amides is 1. The van der Waals surface area contributed by atoms with Crippen molar-refractivity contribution in [2.75, 3.05) is 13.7 Å². The highest BCUT2D eigenvalue weighted by Crippen LogP contribution is 2.39. The van der Waals surface area contributed by atoms with Gasteiger partial charge in [0.1, 0.15) is 10.9 Å². The smallest absolute Gasteiger partial charge is 0.333 e. The van der Waals surface area contributed by atoms with Crippen molar-refractivity contribution in [2.45, 2.75) is 26.5 Å². The van der Waals surface area contributed by atoms with Gasteiger partial charge in [-0.05, 0) is 48.7 Å². The molecular weight excluding hydrogens is 506 g/mol. The third-order valence-corrected chi connectivity index (χ3v) is 7.00. The number of rotatable bonds is 9. The number of esters is 1. The predicted molar refractivity (Wildman–Crippen MR) is 149 cm³/mol. The van der Waals surface area contributed by atoms with Crippen LogP contribution in [0.15, 0.2) is 77.7 Å². The van der Waals surface area contributed by atoms with Crippen molar-refractivity contribution < 1.29 is 23.8 Å². The van der Waals surface area contributed by atoms with Gasteiger partial charge in [0.2, 0.25) is 0 Å². The first-order chi connectivity index (χ1) is 17.9. The fourth-order valence-corrected chi connectivity index (χ4v) is 5.27. The van der Waals surface area contributed by atoms with Gasteiger partial charge in [0.25, 0.3) is 5.91 Å². The lowest BCUT2D eigenvalue weighted by Crippen LogP contribution is -2.38. The van der Waals surface area contributed by atoms with E-state index in [4.69, 9.17) is 26.4 Å². The summed E-state index contributed by atoms with van der Waals surface area (Å²) in [7, 11) is 1.57. The molecule has 0 N–H and O–H groups in total. The minimum atomic E-state index is -0.952. The maximum atomic E-state index is 13.4. The Kier molecular flexibility index (Phi) is 8.63. The van der Waals surface area contributed by atoms with E-state index in [-0.39, 0.29) is 12.5 Å². The Morgan fingerprint density at radius 1 is 1.05 bits per heavy atom. The number of nitrogens with zero attached hydrogens (tertiary/aromatic N) is 1. The van der Waals surface area contributed by atoms with Gasteiger partial charge >= 0.3 is 5.97 Å². The molecule has 8 heteroatoms. The van der Waals surface area contributed by atoms with Crippen molar-refractivity contribution in [3.8, 4) is 11.5 Å². The van der Waals surface area contributed by atoms with E-state index in [9.17, 15) is 9.59 Å². The van der Waals surface area contributed by atoms with Crippen LogP contribution in [0, 0.1) is 6.92 Å². The van der Waals surface area contributed by atoms with E-state index in [1.165, 1.54) is 4.90 Å². The Hall–Kier alpha value is -3.62. The standard InChI is InChI=1S/C29H27NO5S2/c1-4-34-28(32)26(22-11-6-5-7-12-22)30-27(31)25(37-29(30)36)17-20-13-14-23(24(16-20)33-3)35-18-21-10-8-9-19(2)15-21/h5-17,26H,4,18H2,1-3H3/b25-17+. The lowest BCUT2D eigenvalue weighted by Gasteiger charge is -2.25. The average Bonchev–Trinajstić information content (AvgIpc) is 3.16. The van der Waals surface area contributed by atoms with E-state index in [1.807, 2.05) is 55.5 Å². The molecule has 4 rings (SSSR count). The van der Waals surface area contributed by atoms with Crippen LogP contribution in [0.25, 0.3) is 6.08 Å². The molecule has 1 amide bonds. The maximum absolute atomic E-state index is 13.4. The number of carbonyl (C=O) groups is 2. The molecule has 1 aliphatic heterocycles. The number of carbonyl (C=O) groups excluding carboxylic acids is 2. The largest absolute Gasteiger partial charge is 0.493 e. The molecule has 0 bridgehead atoms. The molecule has 3 aromatic carbocycles. The van der Waals surface area contributed by atoms with Crippen LogP contribution in [0.1, 0.15) is 35.2 Å². The molecule has 0 saturated carbocycles. The Morgan fingerprint density at radius 2 is 1.84 bits per heavy atom. The van der Waals surface area contributed by atoms with Gasteiger partial charge in [0, 0.05) is 0 Å². The van der Waals surface area contributed by atoms with Gasteiger partial charge in [-0.1, -0.05) is 90.2 Å². The summed E-state index contributed by atoms with van der Waals surface area (Å²) in [4.78, 5) is 28.0. The molecular formula is C29H27NO5S2. The van der Waals surface area contributed by atoms with Gasteiger partial charge < -0.3 is 14.2 Å². The Labute approximate surface area is 226 Å². The second-order valence-corrected chi connectivity index (χ2v) is 9.98. The molecule has 190 valence electrons. The Morgan fingerprint density at radius 3 is 2.54 bits per heavy atom. The van der Waals surface area contributed by atoms with Crippen LogP contribution in [0.4, 0.5) is 0 Å². The van der Waals surface area contributed by atoms with Crippen molar-refractivity contribution in [3.63, 3.8) is 0 Å². The van der Waals surface area contributed by atoms with Crippen LogP contribution in [0.2, 0.25) is 0 Å². The normalized spacial score (nSPS) is 15.1. The Bertz CT molecular complexity index is 1340. The quantitative estimate of drug-likeness (QED) is 0.187. The van der Waals surface area contributed by atoms with E-state index in [0.717, 1.165) is 28.5 Å². The first-order valence-corrected chi connectivity index (χ1v) is 13.0. The van der Waals surface area contributed by atoms with E-state index in [0.29, 0.717) is 32.9 Å². The number of thiocarbonyl (C=S) groups is 1. The fourth-order valence-electron chi connectivity index (χ4n) is 3.96. The molecule has 0 spiro atoms. The molecule has 3 aromatic rings. The first kappa shape index (κ1) is 26.4. The van der Waals surface area contributed by atoms with Gasteiger partial charge in [-0.15, -0.1) is 0 Å². The molecule has 1 fully saturated rings. The molecule has 1 heterocycles. The number of aryl methyl sites for hydroxylation is 1. The number of hydrogen-bond donors (Lipinski definition) is 0. The molecule has 0 radical (unpaired) electrons.